The van der Waals surface area contributed by atoms with Gasteiger partial charge in [0, 0.05) is 67.8 Å². The minimum absolute atomic E-state index is 0.00483. The van der Waals surface area contributed by atoms with Gasteiger partial charge in [0.05, 0.1) is 89.6 Å². The fourth-order valence-electron chi connectivity index (χ4n) is 16.4. The number of nitrogens with one attached hydrogen (secondary N) is 8. The lowest BCUT2D eigenvalue weighted by Crippen LogP contribution is -2.71. The summed E-state index contributed by atoms with van der Waals surface area (Å²) >= 11 is 0. The molecule has 0 bridgehead atoms. The zero-order chi connectivity index (χ0) is 84.0. The van der Waals surface area contributed by atoms with Gasteiger partial charge in [0.1, 0.15) is 30.9 Å². The summed E-state index contributed by atoms with van der Waals surface area (Å²) in [5.74, 6) is -8.06. The van der Waals surface area contributed by atoms with Crippen LogP contribution in [0, 0.1) is 28.6 Å². The number of anilines is 2. The highest BCUT2D eigenvalue weighted by molar-refractivity contribution is 7.85. The summed E-state index contributed by atoms with van der Waals surface area (Å²) in [7, 11) is -4.43. The summed E-state index contributed by atoms with van der Waals surface area (Å²) in [5, 5.41) is 32.7. The standard InChI is InChI=1S/C82H110F2N10O21S/c1-7-13-72-114-67-46-58-59-45-61(83)60-44-52(4)29-31-79(60,5)81(59,84)65(95)47-80(58,6)82(67,115-72)66(96)48-89-78(105)113-50-53-19-23-57(24-20-53)90-74(101)62(17-12-32-88-77(85)104)92-76(103)73(51(2)3)93-75(102)63(25-26-68(97)87-34-43-116(106,107)108)91-70(99)30-35-109-37-39-111-41-42-112-40-38-110-36-33-86-69(98)27-28-71(100)94-49-56-16-9-8-14-54(56)21-22-55-15-10-11-18-64(55)94/h8-11,14-16,18-24,29,31,44,51,58-59,61-63,65,67,72-73,95H,4,7,12-13,17,25-28,30,32-43,45-50H2,1-3,5-6H3,(H,86,98)(H,87,97)(H,89,105)(H,90,101)(H,91,99)(H,92,103)(H,93,102)(H3,85,88,104)(H,106,107,108)/b22-21-/t58-,59-,61-,62-,63+,65-,67+,72?,73-,79-,80-,81-,82+/m0/s1. The lowest BCUT2D eigenvalue weighted by molar-refractivity contribution is -0.233. The maximum Gasteiger partial charge on any atom is 0.407 e. The maximum atomic E-state index is 18.1. The predicted molar refractivity (Wildman–Crippen MR) is 423 cm³/mol. The SMILES string of the molecule is C=C1C=C[C@@]2(C)C(=C1)[C@@H](F)C[C@H]1[C@@H]3C[C@H]4OC(CCC)O[C@@]4(C(=O)CNC(=O)OCc4ccc(NC(=O)[C@H](CCCNC(N)=O)NC(=O)[C@@H](NC(=O)[C@@H](CCC(=O)NCCS(=O)(=O)O)NC(=O)CCOCCOCCOCCOCCNC(=O)CCC(=O)N5Cc6ccccc6/C=C\c6ccccc65)C(C)C)cc4)[C@@]3(C)C[C@H](O)[C@@]12F. The van der Waals surface area contributed by atoms with E-state index < -0.39 is 165 Å². The van der Waals surface area contributed by atoms with Crippen molar-refractivity contribution in [3.8, 4) is 0 Å². The van der Waals surface area contributed by atoms with E-state index >= 15 is 8.78 Å². The van der Waals surface area contributed by atoms with Gasteiger partial charge in [-0.15, -0.1) is 0 Å². The first-order valence-electron chi connectivity index (χ1n) is 39.5. The van der Waals surface area contributed by atoms with Gasteiger partial charge in [-0.05, 0) is 115 Å². The van der Waals surface area contributed by atoms with Crippen molar-refractivity contribution < 1.29 is 108 Å². The largest absolute Gasteiger partial charge is 0.445 e. The lowest BCUT2D eigenvalue weighted by atomic mass is 9.44. The molecule has 4 aliphatic carbocycles. The van der Waals surface area contributed by atoms with E-state index in [1.165, 1.54) is 24.3 Å². The van der Waals surface area contributed by atoms with Crippen LogP contribution in [0.2, 0.25) is 0 Å². The van der Waals surface area contributed by atoms with Crippen LogP contribution in [-0.2, 0) is 94.8 Å². The number of carbonyl (C=O) groups is 10. The molecule has 34 heteroatoms. The lowest BCUT2D eigenvalue weighted by Gasteiger charge is -2.63. The van der Waals surface area contributed by atoms with Crippen LogP contribution in [0.5, 0.6) is 0 Å². The van der Waals surface area contributed by atoms with Crippen LogP contribution in [0.1, 0.15) is 134 Å². The monoisotopic (exact) mass is 1640 g/mol. The molecule has 3 aromatic rings. The number of hydrogen-bond acceptors (Lipinski definition) is 20. The molecule has 634 valence electrons. The molecule has 0 radical (unpaired) electrons. The van der Waals surface area contributed by atoms with Gasteiger partial charge in [-0.3, -0.25) is 42.9 Å². The first kappa shape index (κ1) is 90.5. The van der Waals surface area contributed by atoms with Crippen LogP contribution in [-0.4, -0.2) is 216 Å². The number of hydrogen-bond donors (Lipinski definition) is 11. The normalized spacial score (nSPS) is 24.6. The molecule has 2 heterocycles. The minimum Gasteiger partial charge on any atom is -0.445 e. The number of ketones is 1. The number of amides is 10. The highest BCUT2D eigenvalue weighted by Gasteiger charge is 2.80. The summed E-state index contributed by atoms with van der Waals surface area (Å²) in [6.07, 6.45) is 2.70. The Hall–Kier alpha value is -9.39. The number of primary amides is 1. The molecule has 12 N–H and O–H groups in total. The highest BCUT2D eigenvalue weighted by atomic mass is 32.2. The summed E-state index contributed by atoms with van der Waals surface area (Å²) in [5.41, 5.74) is 3.57. The Balaban J connectivity index is 0.696. The van der Waals surface area contributed by atoms with Crippen LogP contribution in [0.4, 0.5) is 29.7 Å². The van der Waals surface area contributed by atoms with Crippen molar-refractivity contribution in [1.82, 2.24) is 37.2 Å². The fourth-order valence-corrected chi connectivity index (χ4v) is 16.8. The van der Waals surface area contributed by atoms with Crippen molar-refractivity contribution in [3.05, 3.63) is 131 Å². The molecular weight excluding hydrogens is 1530 g/mol. The molecule has 0 spiro atoms. The van der Waals surface area contributed by atoms with E-state index in [4.69, 9.17) is 43.4 Å². The van der Waals surface area contributed by atoms with E-state index in [9.17, 15) is 61.5 Å². The van der Waals surface area contributed by atoms with Gasteiger partial charge in [-0.2, -0.15) is 8.42 Å². The van der Waals surface area contributed by atoms with Gasteiger partial charge >= 0.3 is 12.1 Å². The smallest absolute Gasteiger partial charge is 0.407 e. The Kier molecular flexibility index (Phi) is 32.5. The number of halogens is 2. The number of urea groups is 1. The van der Waals surface area contributed by atoms with Crippen molar-refractivity contribution in [2.24, 2.45) is 34.3 Å². The molecule has 1 unspecified atom stereocenters. The van der Waals surface area contributed by atoms with Gasteiger partial charge in [0.2, 0.25) is 41.4 Å². The van der Waals surface area contributed by atoms with E-state index in [0.717, 1.165) is 22.4 Å². The molecular formula is C82H110F2N10O21S. The summed E-state index contributed by atoms with van der Waals surface area (Å²) in [4.78, 5) is 136. The van der Waals surface area contributed by atoms with Crippen molar-refractivity contribution in [1.29, 1.82) is 0 Å². The Bertz CT molecular complexity index is 4230. The number of Topliss-reactive ketones (excluding diaryl/α,β-unsaturated/α-hetero) is 1. The molecule has 31 nitrogen and oxygen atoms in total. The Morgan fingerprint density at radius 2 is 1.35 bits per heavy atom. The van der Waals surface area contributed by atoms with E-state index in [1.54, 1.807) is 50.8 Å². The van der Waals surface area contributed by atoms with Gasteiger partial charge < -0.3 is 91.4 Å². The van der Waals surface area contributed by atoms with Crippen LogP contribution in [0.15, 0.2) is 109 Å². The number of para-hydroxylation sites is 1. The van der Waals surface area contributed by atoms with Crippen molar-refractivity contribution in [2.75, 3.05) is 95.0 Å². The first-order valence-corrected chi connectivity index (χ1v) is 41.1. The van der Waals surface area contributed by atoms with Gasteiger partial charge in [-0.1, -0.05) is 126 Å². The van der Waals surface area contributed by atoms with Crippen molar-refractivity contribution in [3.63, 3.8) is 0 Å². The number of ether oxygens (including phenoxy) is 7. The number of aliphatic hydroxyl groups excluding tert-OH is 1. The Morgan fingerprint density at radius 3 is 2.04 bits per heavy atom. The second-order valence-electron chi connectivity index (χ2n) is 30.6. The van der Waals surface area contributed by atoms with Gasteiger partial charge in [-0.25, -0.2) is 18.4 Å². The van der Waals surface area contributed by atoms with E-state index in [2.05, 4.69) is 49.1 Å². The van der Waals surface area contributed by atoms with Crippen LogP contribution < -0.4 is 53.2 Å². The quantitative estimate of drug-likeness (QED) is 0.0227. The number of nitrogens with zero attached hydrogens (tertiary/aromatic N) is 1. The summed E-state index contributed by atoms with van der Waals surface area (Å²) < 4.78 is 107. The Morgan fingerprint density at radius 1 is 0.707 bits per heavy atom. The van der Waals surface area contributed by atoms with Gasteiger partial charge in [0.25, 0.3) is 10.1 Å². The Labute approximate surface area is 674 Å². The third kappa shape index (κ3) is 23.1. The van der Waals surface area contributed by atoms with Crippen molar-refractivity contribution >= 4 is 92.9 Å². The summed E-state index contributed by atoms with van der Waals surface area (Å²) in [6.45, 7) is 12.9. The molecule has 0 aromatic heterocycles. The number of fused-ring (bicyclic) bond motifs is 9. The molecule has 3 aromatic carbocycles. The second-order valence-corrected chi connectivity index (χ2v) is 32.2. The minimum atomic E-state index is -4.43. The highest BCUT2D eigenvalue weighted by Crippen LogP contribution is 2.72. The molecule has 116 heavy (non-hydrogen) atoms. The van der Waals surface area contributed by atoms with Crippen LogP contribution >= 0.6 is 0 Å². The molecule has 3 saturated carbocycles. The number of alkyl halides is 2. The van der Waals surface area contributed by atoms with Crippen LogP contribution in [0.3, 0.4) is 0 Å². The first-order chi connectivity index (χ1) is 55.3. The van der Waals surface area contributed by atoms with Crippen LogP contribution in [0.25, 0.3) is 12.2 Å². The average molecular weight is 1640 g/mol. The molecule has 10 amide bonds. The van der Waals surface area contributed by atoms with E-state index in [1.807, 2.05) is 67.6 Å². The molecule has 9 rings (SSSR count). The number of carbonyl (C=O) groups excluding carboxylic acids is 10. The molecule has 2 aliphatic heterocycles. The zero-order valence-corrected chi connectivity index (χ0v) is 67.0. The molecule has 6 aliphatic rings. The maximum absolute atomic E-state index is 18.1. The number of allylic oxidation sites excluding steroid dienone is 5. The zero-order valence-electron chi connectivity index (χ0n) is 66.2. The molecule has 1 saturated heterocycles. The topological polar surface area (TPSA) is 435 Å². The fraction of sp³-hybridized carbons (Fsp3) is 0.561. The third-order valence-corrected chi connectivity index (χ3v) is 23.1. The number of benzene rings is 3. The number of alkyl carbamates (subject to hydrolysis) is 1. The summed E-state index contributed by atoms with van der Waals surface area (Å²) in [6, 6.07) is 16.6. The van der Waals surface area contributed by atoms with E-state index in [0.29, 0.717) is 30.5 Å². The molecule has 13 atom stereocenters. The number of nitrogens with two attached hydrogens (primary N) is 1. The second kappa shape index (κ2) is 41.6. The third-order valence-electron chi connectivity index (χ3n) is 22.4. The van der Waals surface area contributed by atoms with Gasteiger partial charge in [0.15, 0.2) is 23.3 Å². The van der Waals surface area contributed by atoms with E-state index in [-0.39, 0.29) is 153 Å². The number of aliphatic hydroxyl groups is 1. The number of rotatable bonds is 43. The molecule has 4 fully saturated rings. The average Bonchev–Trinajstić information content (AvgIpc) is 1.45. The van der Waals surface area contributed by atoms with Crippen molar-refractivity contribution in [2.45, 2.75) is 179 Å². The predicted octanol–water partition coefficient (Wildman–Crippen LogP) is 6.03.